The van der Waals surface area contributed by atoms with Gasteiger partial charge in [-0.05, 0) is 26.0 Å². The van der Waals surface area contributed by atoms with Crippen molar-refractivity contribution in [1.82, 2.24) is 19.9 Å². The fraction of sp³-hybridized carbons (Fsp3) is 0.467. The first-order chi connectivity index (χ1) is 9.81. The summed E-state index contributed by atoms with van der Waals surface area (Å²) in [4.78, 5) is 8.80. The van der Waals surface area contributed by atoms with Crippen molar-refractivity contribution in [3.8, 4) is 5.88 Å². The van der Waals surface area contributed by atoms with Crippen LogP contribution in [0.5, 0.6) is 5.88 Å². The molecule has 0 saturated carbocycles. The van der Waals surface area contributed by atoms with Crippen molar-refractivity contribution >= 4 is 0 Å². The van der Waals surface area contributed by atoms with Crippen molar-refractivity contribution in [2.75, 3.05) is 13.7 Å². The molecule has 0 saturated heterocycles. The highest BCUT2D eigenvalue weighted by molar-refractivity contribution is 5.33. The SMILES string of the molecule is CCCNC(c1cccnc1OC)c1nccn1CC. The van der Waals surface area contributed by atoms with Crippen molar-refractivity contribution in [2.24, 2.45) is 0 Å². The minimum Gasteiger partial charge on any atom is -0.481 e. The second-order valence-electron chi connectivity index (χ2n) is 4.56. The number of pyridine rings is 1. The second kappa shape index (κ2) is 7.05. The third kappa shape index (κ3) is 2.99. The van der Waals surface area contributed by atoms with Crippen molar-refractivity contribution < 1.29 is 4.74 Å². The number of hydrogen-bond acceptors (Lipinski definition) is 4. The largest absolute Gasteiger partial charge is 0.481 e. The highest BCUT2D eigenvalue weighted by Crippen LogP contribution is 2.27. The van der Waals surface area contributed by atoms with E-state index < -0.39 is 0 Å². The van der Waals surface area contributed by atoms with Gasteiger partial charge in [0.1, 0.15) is 5.82 Å². The Kier molecular flexibility index (Phi) is 5.12. The molecule has 0 amide bonds. The molecule has 2 aromatic heterocycles. The first-order valence-corrected chi connectivity index (χ1v) is 7.05. The molecule has 0 bridgehead atoms. The number of nitrogens with one attached hydrogen (secondary N) is 1. The van der Waals surface area contributed by atoms with Gasteiger partial charge in [-0.15, -0.1) is 0 Å². The van der Waals surface area contributed by atoms with Crippen LogP contribution < -0.4 is 10.1 Å². The van der Waals surface area contributed by atoms with E-state index in [4.69, 9.17) is 4.74 Å². The van der Waals surface area contributed by atoms with Crippen LogP contribution in [-0.2, 0) is 6.54 Å². The van der Waals surface area contributed by atoms with E-state index in [-0.39, 0.29) is 6.04 Å². The molecule has 2 aromatic rings. The summed E-state index contributed by atoms with van der Waals surface area (Å²) in [6.45, 7) is 6.07. The summed E-state index contributed by atoms with van der Waals surface area (Å²) < 4.78 is 7.53. The second-order valence-corrected chi connectivity index (χ2v) is 4.56. The Bertz CT molecular complexity index is 538. The molecular formula is C15H22N4O. The summed E-state index contributed by atoms with van der Waals surface area (Å²) in [6.07, 6.45) is 6.64. The van der Waals surface area contributed by atoms with E-state index in [9.17, 15) is 0 Å². The van der Waals surface area contributed by atoms with Crippen LogP contribution in [0.3, 0.4) is 0 Å². The van der Waals surface area contributed by atoms with Gasteiger partial charge in [-0.3, -0.25) is 0 Å². The van der Waals surface area contributed by atoms with Crippen molar-refractivity contribution in [1.29, 1.82) is 0 Å². The predicted octanol–water partition coefficient (Wildman–Crippen LogP) is 2.40. The summed E-state index contributed by atoms with van der Waals surface area (Å²) in [5.41, 5.74) is 1.02. The summed E-state index contributed by atoms with van der Waals surface area (Å²) in [7, 11) is 1.65. The van der Waals surface area contributed by atoms with Gasteiger partial charge in [0.15, 0.2) is 0 Å². The number of nitrogens with zero attached hydrogens (tertiary/aromatic N) is 3. The topological polar surface area (TPSA) is 52.0 Å². The lowest BCUT2D eigenvalue weighted by Gasteiger charge is -2.21. The molecule has 0 aliphatic heterocycles. The summed E-state index contributed by atoms with van der Waals surface area (Å²) in [5.74, 6) is 1.64. The van der Waals surface area contributed by atoms with Crippen LogP contribution in [0, 0.1) is 0 Å². The maximum atomic E-state index is 5.39. The standard InChI is InChI=1S/C15H22N4O/c1-4-8-16-13(14-17-10-11-19(14)5-2)12-7-6-9-18-15(12)20-3/h6-7,9-11,13,16H,4-5,8H2,1-3H3. The summed E-state index contributed by atoms with van der Waals surface area (Å²) >= 11 is 0. The molecule has 108 valence electrons. The van der Waals surface area contributed by atoms with E-state index >= 15 is 0 Å². The molecule has 2 rings (SSSR count). The minimum atomic E-state index is -0.00597. The first kappa shape index (κ1) is 14.5. The normalized spacial score (nSPS) is 12.3. The third-order valence-corrected chi connectivity index (χ3v) is 3.25. The van der Waals surface area contributed by atoms with E-state index in [2.05, 4.69) is 33.7 Å². The van der Waals surface area contributed by atoms with Crippen molar-refractivity contribution in [3.05, 3.63) is 42.1 Å². The lowest BCUT2D eigenvalue weighted by Crippen LogP contribution is -2.26. The van der Waals surface area contributed by atoms with Crippen molar-refractivity contribution in [3.63, 3.8) is 0 Å². The maximum Gasteiger partial charge on any atom is 0.218 e. The third-order valence-electron chi connectivity index (χ3n) is 3.25. The van der Waals surface area contributed by atoms with E-state index in [1.54, 1.807) is 13.3 Å². The zero-order valence-electron chi connectivity index (χ0n) is 12.3. The Morgan fingerprint density at radius 1 is 1.30 bits per heavy atom. The molecule has 0 fully saturated rings. The number of imidazole rings is 1. The highest BCUT2D eigenvalue weighted by atomic mass is 16.5. The average molecular weight is 274 g/mol. The van der Waals surface area contributed by atoms with Crippen LogP contribution in [0.1, 0.15) is 37.7 Å². The van der Waals surface area contributed by atoms with Crippen LogP contribution in [0.4, 0.5) is 0 Å². The predicted molar refractivity (Wildman–Crippen MR) is 78.8 cm³/mol. The number of aromatic nitrogens is 3. The Morgan fingerprint density at radius 2 is 2.15 bits per heavy atom. The van der Waals surface area contributed by atoms with Gasteiger partial charge in [0.25, 0.3) is 0 Å². The van der Waals surface area contributed by atoms with Gasteiger partial charge in [0.05, 0.1) is 13.2 Å². The molecule has 5 heteroatoms. The van der Waals surface area contributed by atoms with Crippen LogP contribution >= 0.6 is 0 Å². The molecule has 5 nitrogen and oxygen atoms in total. The molecule has 0 aliphatic rings. The molecule has 1 atom stereocenters. The highest BCUT2D eigenvalue weighted by Gasteiger charge is 2.22. The number of hydrogen-bond donors (Lipinski definition) is 1. The lowest BCUT2D eigenvalue weighted by molar-refractivity contribution is 0.384. The van der Waals surface area contributed by atoms with Gasteiger partial charge < -0.3 is 14.6 Å². The maximum absolute atomic E-state index is 5.39. The van der Waals surface area contributed by atoms with Crippen LogP contribution in [0.2, 0.25) is 0 Å². The van der Waals surface area contributed by atoms with Crippen molar-refractivity contribution in [2.45, 2.75) is 32.9 Å². The Morgan fingerprint density at radius 3 is 2.85 bits per heavy atom. The molecule has 1 N–H and O–H groups in total. The van der Waals surface area contributed by atoms with E-state index in [1.807, 2.05) is 24.5 Å². The van der Waals surface area contributed by atoms with Gasteiger partial charge in [-0.25, -0.2) is 9.97 Å². The van der Waals surface area contributed by atoms with Gasteiger partial charge in [-0.2, -0.15) is 0 Å². The number of aryl methyl sites for hydroxylation is 1. The van der Waals surface area contributed by atoms with Gasteiger partial charge in [-0.1, -0.05) is 13.0 Å². The van der Waals surface area contributed by atoms with Gasteiger partial charge in [0, 0.05) is 30.7 Å². The molecule has 0 spiro atoms. The smallest absolute Gasteiger partial charge is 0.218 e. The molecule has 0 radical (unpaired) electrons. The monoisotopic (exact) mass is 274 g/mol. The zero-order chi connectivity index (χ0) is 14.4. The number of methoxy groups -OCH3 is 1. The summed E-state index contributed by atoms with van der Waals surface area (Å²) in [5, 5.41) is 3.53. The fourth-order valence-electron chi connectivity index (χ4n) is 2.27. The van der Waals surface area contributed by atoms with Gasteiger partial charge in [0.2, 0.25) is 5.88 Å². The molecule has 0 aromatic carbocycles. The Balaban J connectivity index is 2.41. The molecule has 1 unspecified atom stereocenters. The summed E-state index contributed by atoms with van der Waals surface area (Å²) in [6, 6.07) is 3.96. The average Bonchev–Trinajstić information content (AvgIpc) is 2.96. The quantitative estimate of drug-likeness (QED) is 0.842. The first-order valence-electron chi connectivity index (χ1n) is 7.05. The number of ether oxygens (including phenoxy) is 1. The Hall–Kier alpha value is -1.88. The molecule has 0 aliphatic carbocycles. The van der Waals surface area contributed by atoms with E-state index in [0.717, 1.165) is 30.9 Å². The molecule has 20 heavy (non-hydrogen) atoms. The minimum absolute atomic E-state index is 0.00597. The Labute approximate surface area is 120 Å². The lowest BCUT2D eigenvalue weighted by atomic mass is 10.1. The van der Waals surface area contributed by atoms with Crippen LogP contribution in [-0.4, -0.2) is 28.2 Å². The molecular weight excluding hydrogens is 252 g/mol. The van der Waals surface area contributed by atoms with E-state index in [0.29, 0.717) is 5.88 Å². The fourth-order valence-corrected chi connectivity index (χ4v) is 2.27. The molecule has 2 heterocycles. The van der Waals surface area contributed by atoms with Crippen LogP contribution in [0.25, 0.3) is 0 Å². The van der Waals surface area contributed by atoms with Gasteiger partial charge >= 0.3 is 0 Å². The zero-order valence-corrected chi connectivity index (χ0v) is 12.3. The van der Waals surface area contributed by atoms with E-state index in [1.165, 1.54) is 0 Å². The van der Waals surface area contributed by atoms with Crippen LogP contribution in [0.15, 0.2) is 30.7 Å². The number of rotatable bonds is 7.